The normalized spacial score (nSPS) is 22.1. The Balaban J connectivity index is 1.43. The van der Waals surface area contributed by atoms with E-state index in [4.69, 9.17) is 0 Å². The van der Waals surface area contributed by atoms with E-state index in [9.17, 15) is 14.7 Å². The summed E-state index contributed by atoms with van der Waals surface area (Å²) in [4.78, 5) is 35.2. The number of amides is 2. The number of para-hydroxylation sites is 1. The van der Waals surface area contributed by atoms with Gasteiger partial charge in [-0.3, -0.25) is 9.59 Å². The molecule has 2 amide bonds. The molecule has 0 radical (unpaired) electrons. The van der Waals surface area contributed by atoms with Crippen LogP contribution < -0.4 is 10.6 Å². The lowest BCUT2D eigenvalue weighted by molar-refractivity contribution is -0.127. The van der Waals surface area contributed by atoms with Crippen LogP contribution in [0.3, 0.4) is 0 Å². The molecule has 29 heavy (non-hydrogen) atoms. The van der Waals surface area contributed by atoms with Gasteiger partial charge in [0, 0.05) is 43.7 Å². The van der Waals surface area contributed by atoms with Crippen LogP contribution in [-0.4, -0.2) is 63.6 Å². The first-order valence-electron chi connectivity index (χ1n) is 10.4. The van der Waals surface area contributed by atoms with E-state index in [0.29, 0.717) is 36.5 Å². The molecule has 2 fully saturated rings. The van der Waals surface area contributed by atoms with Crippen LogP contribution >= 0.6 is 0 Å². The van der Waals surface area contributed by atoms with Crippen molar-refractivity contribution in [3.05, 3.63) is 30.0 Å². The zero-order valence-electron chi connectivity index (χ0n) is 16.4. The minimum atomic E-state index is -0.211. The molecular weight excluding hydrogens is 370 g/mol. The summed E-state index contributed by atoms with van der Waals surface area (Å²) < 4.78 is 0. The van der Waals surface area contributed by atoms with Crippen LogP contribution in [0, 0.1) is 0 Å². The van der Waals surface area contributed by atoms with Gasteiger partial charge in [0.2, 0.25) is 11.9 Å². The predicted octanol–water partition coefficient (Wildman–Crippen LogP) is 1.70. The van der Waals surface area contributed by atoms with Crippen LogP contribution in [0.4, 0.5) is 5.95 Å². The van der Waals surface area contributed by atoms with E-state index in [-0.39, 0.29) is 24.0 Å². The maximum Gasteiger partial charge on any atom is 0.253 e. The van der Waals surface area contributed by atoms with Crippen molar-refractivity contribution in [2.45, 2.75) is 50.7 Å². The van der Waals surface area contributed by atoms with Gasteiger partial charge in [-0.05, 0) is 38.2 Å². The van der Waals surface area contributed by atoms with Gasteiger partial charge in [-0.25, -0.2) is 9.97 Å². The number of aliphatic hydroxyl groups is 1. The molecule has 2 aromatic rings. The van der Waals surface area contributed by atoms with Crippen molar-refractivity contribution in [2.75, 3.05) is 25.0 Å². The van der Waals surface area contributed by atoms with E-state index in [2.05, 4.69) is 20.6 Å². The molecule has 1 saturated carbocycles. The lowest BCUT2D eigenvalue weighted by Gasteiger charge is -2.26. The van der Waals surface area contributed by atoms with Crippen LogP contribution in [-0.2, 0) is 4.79 Å². The highest BCUT2D eigenvalue weighted by atomic mass is 16.3. The highest BCUT2D eigenvalue weighted by molar-refractivity contribution is 6.05. The Morgan fingerprint density at radius 3 is 2.83 bits per heavy atom. The number of fused-ring (bicyclic) bond motifs is 1. The minimum absolute atomic E-state index is 0.156. The van der Waals surface area contributed by atoms with E-state index in [1.165, 1.54) is 0 Å². The molecule has 4 rings (SSSR count). The standard InChI is InChI=1S/C21H27N5O3/c27-16-8-6-15(7-9-16)24-21-23-13-14-3-1-4-17(19(14)25-21)20(29)22-10-12-26-11-2-5-18(26)28/h1,3-4,13,15-16,27H,2,5-12H2,(H,22,29)(H,23,24,25). The molecule has 1 aromatic heterocycles. The Hall–Kier alpha value is -2.74. The smallest absolute Gasteiger partial charge is 0.253 e. The van der Waals surface area contributed by atoms with Crippen LogP contribution in [0.5, 0.6) is 0 Å². The van der Waals surface area contributed by atoms with Crippen LogP contribution in [0.15, 0.2) is 24.4 Å². The number of aromatic nitrogens is 2. The van der Waals surface area contributed by atoms with Gasteiger partial charge in [-0.15, -0.1) is 0 Å². The summed E-state index contributed by atoms with van der Waals surface area (Å²) in [6, 6.07) is 5.69. The van der Waals surface area contributed by atoms with Crippen molar-refractivity contribution in [3.8, 4) is 0 Å². The minimum Gasteiger partial charge on any atom is -0.393 e. The molecule has 0 unspecified atom stereocenters. The molecule has 0 atom stereocenters. The molecule has 1 aliphatic carbocycles. The molecule has 8 heteroatoms. The molecule has 8 nitrogen and oxygen atoms in total. The lowest BCUT2D eigenvalue weighted by Crippen LogP contribution is -2.35. The summed E-state index contributed by atoms with van der Waals surface area (Å²) in [5.74, 6) is 0.456. The van der Waals surface area contributed by atoms with Gasteiger partial charge in [0.15, 0.2) is 0 Å². The number of hydrogen-bond donors (Lipinski definition) is 3. The monoisotopic (exact) mass is 397 g/mol. The van der Waals surface area contributed by atoms with Crippen molar-refractivity contribution in [2.24, 2.45) is 0 Å². The molecule has 0 spiro atoms. The molecule has 3 N–H and O–H groups in total. The second-order valence-corrected chi connectivity index (χ2v) is 7.83. The maximum atomic E-state index is 12.7. The SMILES string of the molecule is O=C(NCCN1CCCC1=O)c1cccc2cnc(NC3CCC(O)CC3)nc12. The first kappa shape index (κ1) is 19.6. The van der Waals surface area contributed by atoms with E-state index < -0.39 is 0 Å². The van der Waals surface area contributed by atoms with Gasteiger partial charge < -0.3 is 20.6 Å². The van der Waals surface area contributed by atoms with Gasteiger partial charge >= 0.3 is 0 Å². The second-order valence-electron chi connectivity index (χ2n) is 7.83. The summed E-state index contributed by atoms with van der Waals surface area (Å²) in [6.45, 7) is 1.72. The van der Waals surface area contributed by atoms with E-state index in [1.54, 1.807) is 17.2 Å². The average Bonchev–Trinajstić information content (AvgIpc) is 3.14. The number of benzene rings is 1. The Labute approximate surface area is 169 Å². The van der Waals surface area contributed by atoms with Gasteiger partial charge in [0.25, 0.3) is 5.91 Å². The van der Waals surface area contributed by atoms with Crippen LogP contribution in [0.2, 0.25) is 0 Å². The summed E-state index contributed by atoms with van der Waals surface area (Å²) in [6.07, 6.45) is 6.31. The number of anilines is 1. The number of carbonyl (C=O) groups excluding carboxylic acids is 2. The number of hydrogen-bond acceptors (Lipinski definition) is 6. The second kappa shape index (κ2) is 8.73. The lowest BCUT2D eigenvalue weighted by atomic mass is 9.93. The highest BCUT2D eigenvalue weighted by Crippen LogP contribution is 2.22. The maximum absolute atomic E-state index is 12.7. The fourth-order valence-electron chi connectivity index (χ4n) is 4.05. The first-order chi connectivity index (χ1) is 14.1. The van der Waals surface area contributed by atoms with E-state index in [0.717, 1.165) is 44.0 Å². The topological polar surface area (TPSA) is 107 Å². The third-order valence-corrected chi connectivity index (χ3v) is 5.72. The number of nitrogens with zero attached hydrogens (tertiary/aromatic N) is 3. The van der Waals surface area contributed by atoms with Crippen molar-refractivity contribution < 1.29 is 14.7 Å². The van der Waals surface area contributed by atoms with Crippen LogP contribution in [0.1, 0.15) is 48.9 Å². The highest BCUT2D eigenvalue weighted by Gasteiger charge is 2.21. The third-order valence-electron chi connectivity index (χ3n) is 5.72. The number of likely N-dealkylation sites (tertiary alicyclic amines) is 1. The summed E-state index contributed by atoms with van der Waals surface area (Å²) in [7, 11) is 0. The number of aliphatic hydroxyl groups excluding tert-OH is 1. The zero-order valence-corrected chi connectivity index (χ0v) is 16.4. The molecule has 154 valence electrons. The molecule has 1 aromatic carbocycles. The number of carbonyl (C=O) groups is 2. The third kappa shape index (κ3) is 4.64. The van der Waals surface area contributed by atoms with Crippen molar-refractivity contribution >= 4 is 28.7 Å². The molecule has 0 bridgehead atoms. The fraction of sp³-hybridized carbons (Fsp3) is 0.524. The van der Waals surface area contributed by atoms with Crippen molar-refractivity contribution in [3.63, 3.8) is 0 Å². The van der Waals surface area contributed by atoms with Gasteiger partial charge in [0.05, 0.1) is 17.2 Å². The quantitative estimate of drug-likeness (QED) is 0.685. The van der Waals surface area contributed by atoms with Gasteiger partial charge in [-0.1, -0.05) is 12.1 Å². The van der Waals surface area contributed by atoms with Gasteiger partial charge in [-0.2, -0.15) is 0 Å². The molecule has 2 aliphatic rings. The Bertz CT molecular complexity index is 895. The molecular formula is C21H27N5O3. The largest absolute Gasteiger partial charge is 0.393 e. The Morgan fingerprint density at radius 2 is 2.07 bits per heavy atom. The summed E-state index contributed by atoms with van der Waals surface area (Å²) in [5, 5.41) is 16.7. The zero-order chi connectivity index (χ0) is 20.2. The summed E-state index contributed by atoms with van der Waals surface area (Å²) in [5.41, 5.74) is 1.11. The van der Waals surface area contributed by atoms with Crippen LogP contribution in [0.25, 0.3) is 10.9 Å². The average molecular weight is 397 g/mol. The summed E-state index contributed by atoms with van der Waals surface area (Å²) >= 11 is 0. The fourth-order valence-corrected chi connectivity index (χ4v) is 4.05. The van der Waals surface area contributed by atoms with E-state index >= 15 is 0 Å². The number of nitrogens with one attached hydrogen (secondary N) is 2. The Kier molecular flexibility index (Phi) is 5.89. The van der Waals surface area contributed by atoms with Crippen molar-refractivity contribution in [1.82, 2.24) is 20.2 Å². The Morgan fingerprint density at radius 1 is 1.24 bits per heavy atom. The molecule has 2 heterocycles. The molecule has 1 aliphatic heterocycles. The number of rotatable bonds is 6. The first-order valence-corrected chi connectivity index (χ1v) is 10.4. The van der Waals surface area contributed by atoms with Gasteiger partial charge in [0.1, 0.15) is 0 Å². The van der Waals surface area contributed by atoms with Crippen molar-refractivity contribution in [1.29, 1.82) is 0 Å². The molecule has 1 saturated heterocycles. The predicted molar refractivity (Wildman–Crippen MR) is 110 cm³/mol. The van der Waals surface area contributed by atoms with E-state index in [1.807, 2.05) is 12.1 Å².